The molecule has 0 aromatic heterocycles. The highest BCUT2D eigenvalue weighted by Gasteiger charge is 2.31. The van der Waals surface area contributed by atoms with Crippen molar-refractivity contribution in [1.82, 2.24) is 0 Å². The van der Waals surface area contributed by atoms with Crippen LogP contribution in [0.15, 0.2) is 151 Å². The molecule has 0 atom stereocenters. The van der Waals surface area contributed by atoms with E-state index >= 15 is 0 Å². The van der Waals surface area contributed by atoms with Crippen LogP contribution >= 0.6 is 0 Å². The van der Waals surface area contributed by atoms with E-state index in [1.165, 1.54) is 16.3 Å². The fraction of sp³-hybridized carbons (Fsp3) is 0.170. The molecule has 0 fully saturated rings. The Bertz CT molecular complexity index is 2350. The van der Waals surface area contributed by atoms with Gasteiger partial charge in [0.05, 0.1) is 5.69 Å². The van der Waals surface area contributed by atoms with E-state index in [1.54, 1.807) is 0 Å². The number of nitrogens with zero attached hydrogens (tertiary/aromatic N) is 2. The van der Waals surface area contributed by atoms with Crippen LogP contribution in [0.1, 0.15) is 55.5 Å². The number of hydrogen-bond acceptors (Lipinski definition) is 3. The first-order valence-electron chi connectivity index (χ1n) is 17.3. The lowest BCUT2D eigenvalue weighted by molar-refractivity contribution is 0.451. The maximum atomic E-state index is 12.1. The molecule has 248 valence electrons. The quantitative estimate of drug-likeness (QED) is 0.166. The van der Waals surface area contributed by atoms with E-state index in [0.29, 0.717) is 5.56 Å². The van der Waals surface area contributed by atoms with Gasteiger partial charge in [0.2, 0.25) is 0 Å². The molecule has 0 spiro atoms. The van der Waals surface area contributed by atoms with Crippen LogP contribution in [0.4, 0.5) is 11.4 Å². The summed E-state index contributed by atoms with van der Waals surface area (Å²) < 4.78 is 0. The summed E-state index contributed by atoms with van der Waals surface area (Å²) in [6.07, 6.45) is 1.86. The monoisotopic (exact) mass is 652 g/mol. The highest BCUT2D eigenvalue weighted by molar-refractivity contribution is 6.13. The highest BCUT2D eigenvalue weighted by Crippen LogP contribution is 2.46. The van der Waals surface area contributed by atoms with Crippen LogP contribution in [0.25, 0.3) is 32.7 Å². The Morgan fingerprint density at radius 2 is 1.06 bits per heavy atom. The van der Waals surface area contributed by atoms with Crippen molar-refractivity contribution in [2.45, 2.75) is 38.5 Å². The Morgan fingerprint density at radius 3 is 1.66 bits per heavy atom. The summed E-state index contributed by atoms with van der Waals surface area (Å²) in [7, 11) is 4.19. The molecule has 7 rings (SSSR count). The van der Waals surface area contributed by atoms with E-state index in [2.05, 4.69) is 186 Å². The number of phenols is 1. The molecule has 0 aliphatic heterocycles. The predicted molar refractivity (Wildman–Crippen MR) is 214 cm³/mol. The second-order valence-electron chi connectivity index (χ2n) is 14.5. The minimum atomic E-state index is -0.464. The molecule has 3 nitrogen and oxygen atoms in total. The Kier molecular flexibility index (Phi) is 8.53. The normalized spacial score (nSPS) is 12.2. The molecule has 7 aromatic rings. The lowest BCUT2D eigenvalue weighted by atomic mass is 9.72. The number of fused-ring (bicyclic) bond motifs is 2. The van der Waals surface area contributed by atoms with Crippen molar-refractivity contribution in [2.24, 2.45) is 4.99 Å². The Labute approximate surface area is 296 Å². The topological polar surface area (TPSA) is 35.8 Å². The standard InChI is InChI=1S/C47H44N2O/c1-46(2,35-19-9-7-10-20-35)37-29-34(45(50)40(30-37)47(3,4)36-21-11-8-12-22-36)31-48-41-27-25-32-17-13-15-23-38(32)43(41)44-39-24-16-14-18-33(39)26-28-42(44)49(5)6/h7-31,50H,1-6H3. The van der Waals surface area contributed by atoms with Crippen molar-refractivity contribution in [3.05, 3.63) is 173 Å². The van der Waals surface area contributed by atoms with Crippen LogP contribution in [0.3, 0.4) is 0 Å². The average molecular weight is 653 g/mol. The molecular formula is C47H44N2O. The molecule has 0 amide bonds. The minimum absolute atomic E-state index is 0.247. The summed E-state index contributed by atoms with van der Waals surface area (Å²) in [5, 5.41) is 16.8. The van der Waals surface area contributed by atoms with Gasteiger partial charge in [0.15, 0.2) is 0 Å². The fourth-order valence-electron chi connectivity index (χ4n) is 7.29. The molecule has 7 aromatic carbocycles. The third-order valence-corrected chi connectivity index (χ3v) is 10.4. The van der Waals surface area contributed by atoms with Gasteiger partial charge in [-0.3, -0.25) is 4.99 Å². The maximum absolute atomic E-state index is 12.1. The van der Waals surface area contributed by atoms with Crippen LogP contribution in [-0.2, 0) is 10.8 Å². The summed E-state index contributed by atoms with van der Waals surface area (Å²) in [6, 6.07) is 51.0. The average Bonchev–Trinajstić information content (AvgIpc) is 3.14. The molecule has 0 saturated carbocycles. The zero-order valence-corrected chi connectivity index (χ0v) is 29.8. The summed E-state index contributed by atoms with van der Waals surface area (Å²) in [6.45, 7) is 8.87. The Hall–Kier alpha value is -5.67. The number of phenolic OH excluding ortho intramolecular Hbond substituents is 1. The van der Waals surface area contributed by atoms with E-state index < -0.39 is 5.41 Å². The first-order chi connectivity index (χ1) is 24.1. The van der Waals surface area contributed by atoms with Gasteiger partial charge in [0.25, 0.3) is 0 Å². The maximum Gasteiger partial charge on any atom is 0.128 e. The molecule has 50 heavy (non-hydrogen) atoms. The third-order valence-electron chi connectivity index (χ3n) is 10.4. The minimum Gasteiger partial charge on any atom is -0.507 e. The van der Waals surface area contributed by atoms with Crippen molar-refractivity contribution in [3.8, 4) is 16.9 Å². The summed E-state index contributed by atoms with van der Waals surface area (Å²) in [4.78, 5) is 7.44. The molecule has 0 unspecified atom stereocenters. The second-order valence-corrected chi connectivity index (χ2v) is 14.5. The Morgan fingerprint density at radius 1 is 0.540 bits per heavy atom. The van der Waals surface area contributed by atoms with Crippen LogP contribution in [-0.4, -0.2) is 25.4 Å². The number of benzene rings is 7. The van der Waals surface area contributed by atoms with Crippen molar-refractivity contribution in [2.75, 3.05) is 19.0 Å². The molecule has 0 aliphatic rings. The number of anilines is 1. The van der Waals surface area contributed by atoms with Gasteiger partial charge in [0.1, 0.15) is 5.75 Å². The second kappa shape index (κ2) is 13.0. The van der Waals surface area contributed by atoms with Crippen LogP contribution < -0.4 is 4.90 Å². The smallest absolute Gasteiger partial charge is 0.128 e. The summed E-state index contributed by atoms with van der Waals surface area (Å²) >= 11 is 0. The lowest BCUT2D eigenvalue weighted by Crippen LogP contribution is -2.24. The molecule has 0 aliphatic carbocycles. The van der Waals surface area contributed by atoms with Crippen molar-refractivity contribution in [3.63, 3.8) is 0 Å². The van der Waals surface area contributed by atoms with E-state index in [1.807, 2.05) is 12.3 Å². The van der Waals surface area contributed by atoms with E-state index in [0.717, 1.165) is 50.0 Å². The largest absolute Gasteiger partial charge is 0.507 e. The van der Waals surface area contributed by atoms with Crippen molar-refractivity contribution < 1.29 is 5.11 Å². The fourth-order valence-corrected chi connectivity index (χ4v) is 7.29. The van der Waals surface area contributed by atoms with Gasteiger partial charge >= 0.3 is 0 Å². The summed E-state index contributed by atoms with van der Waals surface area (Å²) in [5.41, 5.74) is 8.42. The highest BCUT2D eigenvalue weighted by atomic mass is 16.3. The molecule has 0 heterocycles. The molecule has 1 N–H and O–H groups in total. The number of aliphatic imine (C=N–C) groups is 1. The van der Waals surface area contributed by atoms with Gasteiger partial charge in [-0.15, -0.1) is 0 Å². The van der Waals surface area contributed by atoms with Gasteiger partial charge in [-0.05, 0) is 56.4 Å². The summed E-state index contributed by atoms with van der Waals surface area (Å²) in [5.74, 6) is 0.247. The molecule has 0 radical (unpaired) electrons. The van der Waals surface area contributed by atoms with Gasteiger partial charge in [0, 0.05) is 59.1 Å². The van der Waals surface area contributed by atoms with Gasteiger partial charge in [-0.1, -0.05) is 155 Å². The molecular weight excluding hydrogens is 609 g/mol. The number of aromatic hydroxyl groups is 1. The van der Waals surface area contributed by atoms with E-state index in [4.69, 9.17) is 4.99 Å². The van der Waals surface area contributed by atoms with E-state index in [9.17, 15) is 5.11 Å². The lowest BCUT2D eigenvalue weighted by Gasteiger charge is -2.32. The van der Waals surface area contributed by atoms with Crippen LogP contribution in [0, 0.1) is 0 Å². The van der Waals surface area contributed by atoms with Gasteiger partial charge in [-0.25, -0.2) is 0 Å². The first kappa shape index (κ1) is 32.9. The van der Waals surface area contributed by atoms with E-state index in [-0.39, 0.29) is 11.2 Å². The van der Waals surface area contributed by atoms with Crippen molar-refractivity contribution in [1.29, 1.82) is 0 Å². The predicted octanol–water partition coefficient (Wildman–Crippen LogP) is 11.8. The Balaban J connectivity index is 1.48. The van der Waals surface area contributed by atoms with Gasteiger partial charge in [-0.2, -0.15) is 0 Å². The number of rotatable bonds is 8. The zero-order chi connectivity index (χ0) is 35.0. The van der Waals surface area contributed by atoms with Crippen molar-refractivity contribution >= 4 is 39.1 Å². The SMILES string of the molecule is CN(C)c1ccc2ccccc2c1-c1c(N=Cc2cc(C(C)(C)c3ccccc3)cc(C(C)(C)c3ccccc3)c2O)ccc2ccccc12. The van der Waals surface area contributed by atoms with Crippen LogP contribution in [0.5, 0.6) is 5.75 Å². The zero-order valence-electron chi connectivity index (χ0n) is 29.8. The molecule has 0 bridgehead atoms. The molecule has 0 saturated heterocycles. The van der Waals surface area contributed by atoms with Gasteiger partial charge < -0.3 is 10.0 Å². The van der Waals surface area contributed by atoms with Crippen LogP contribution in [0.2, 0.25) is 0 Å². The number of hydrogen-bond donors (Lipinski definition) is 1. The molecule has 3 heteroatoms. The third kappa shape index (κ3) is 5.83. The first-order valence-corrected chi connectivity index (χ1v) is 17.3.